The van der Waals surface area contributed by atoms with Gasteiger partial charge in [0.1, 0.15) is 0 Å². The Balaban J connectivity index is 1.99. The third-order valence-corrected chi connectivity index (χ3v) is 3.21. The van der Waals surface area contributed by atoms with Crippen molar-refractivity contribution in [3.63, 3.8) is 0 Å². The summed E-state index contributed by atoms with van der Waals surface area (Å²) in [6.45, 7) is 7.42. The molecule has 2 N–H and O–H groups in total. The second-order valence-corrected chi connectivity index (χ2v) is 4.91. The Kier molecular flexibility index (Phi) is 4.45. The third kappa shape index (κ3) is 3.63. The fourth-order valence-corrected chi connectivity index (χ4v) is 2.10. The quantitative estimate of drug-likeness (QED) is 0.875. The van der Waals surface area contributed by atoms with Gasteiger partial charge in [0.15, 0.2) is 0 Å². The van der Waals surface area contributed by atoms with Crippen molar-refractivity contribution in [2.24, 2.45) is 0 Å². The van der Waals surface area contributed by atoms with Gasteiger partial charge in [0.25, 0.3) is 0 Å². The van der Waals surface area contributed by atoms with Gasteiger partial charge in [-0.1, -0.05) is 0 Å². The van der Waals surface area contributed by atoms with Crippen LogP contribution in [0.3, 0.4) is 0 Å². The molecule has 1 amide bonds. The van der Waals surface area contributed by atoms with Gasteiger partial charge in [0.2, 0.25) is 5.91 Å². The van der Waals surface area contributed by atoms with Crippen molar-refractivity contribution < 1.29 is 4.79 Å². The van der Waals surface area contributed by atoms with E-state index in [0.717, 1.165) is 30.0 Å². The maximum Gasteiger partial charge on any atom is 0.221 e. The molecule has 0 radical (unpaired) electrons. The lowest BCUT2D eigenvalue weighted by molar-refractivity contribution is -0.114. The van der Waals surface area contributed by atoms with E-state index in [-0.39, 0.29) is 5.91 Å². The molecule has 2 aromatic rings. The van der Waals surface area contributed by atoms with Crippen molar-refractivity contribution in [2.45, 2.75) is 33.9 Å². The van der Waals surface area contributed by atoms with Crippen molar-refractivity contribution in [1.82, 2.24) is 4.57 Å². The first kappa shape index (κ1) is 14.2. The van der Waals surface area contributed by atoms with Gasteiger partial charge in [-0.3, -0.25) is 4.79 Å². The summed E-state index contributed by atoms with van der Waals surface area (Å²) in [5, 5.41) is 6.21. The van der Waals surface area contributed by atoms with Crippen molar-refractivity contribution in [3.8, 4) is 0 Å². The van der Waals surface area contributed by atoms with Crippen LogP contribution in [-0.2, 0) is 17.9 Å². The molecule has 106 valence electrons. The normalized spacial score (nSPS) is 10.3. The number of aryl methyl sites for hydroxylation is 2. The lowest BCUT2D eigenvalue weighted by Crippen LogP contribution is -2.07. The maximum atomic E-state index is 11.1. The molecular formula is C16H21N3O. The number of carbonyl (C=O) groups is 1. The Morgan fingerprint density at radius 2 is 2.10 bits per heavy atom. The minimum atomic E-state index is -0.0466. The van der Waals surface area contributed by atoms with Crippen LogP contribution in [0.25, 0.3) is 0 Å². The van der Waals surface area contributed by atoms with Crippen LogP contribution in [-0.4, -0.2) is 10.5 Å². The summed E-state index contributed by atoms with van der Waals surface area (Å²) in [4.78, 5) is 11.1. The fraction of sp³-hybridized carbons (Fsp3) is 0.312. The summed E-state index contributed by atoms with van der Waals surface area (Å²) in [5.74, 6) is -0.0466. The lowest BCUT2D eigenvalue weighted by atomic mass is 10.1. The van der Waals surface area contributed by atoms with Crippen molar-refractivity contribution in [1.29, 1.82) is 0 Å². The smallest absolute Gasteiger partial charge is 0.221 e. The average molecular weight is 271 g/mol. The zero-order valence-electron chi connectivity index (χ0n) is 12.2. The number of benzene rings is 1. The van der Waals surface area contributed by atoms with E-state index >= 15 is 0 Å². The SMILES string of the molecule is CCn1ccc(CNc2ccc(NC(C)=O)c(C)c2)c1. The van der Waals surface area contributed by atoms with E-state index in [0.29, 0.717) is 0 Å². The highest BCUT2D eigenvalue weighted by molar-refractivity contribution is 5.89. The minimum Gasteiger partial charge on any atom is -0.381 e. The van der Waals surface area contributed by atoms with E-state index in [1.165, 1.54) is 12.5 Å². The van der Waals surface area contributed by atoms with Crippen LogP contribution in [0, 0.1) is 6.92 Å². The van der Waals surface area contributed by atoms with E-state index in [1.807, 2.05) is 25.1 Å². The molecule has 0 atom stereocenters. The first-order chi connectivity index (χ1) is 9.58. The van der Waals surface area contributed by atoms with E-state index in [1.54, 1.807) is 0 Å². The van der Waals surface area contributed by atoms with Gasteiger partial charge in [-0.25, -0.2) is 0 Å². The second-order valence-electron chi connectivity index (χ2n) is 4.91. The standard InChI is InChI=1S/C16H21N3O/c1-4-19-8-7-14(11-19)10-17-15-5-6-16(12(2)9-15)18-13(3)20/h5-9,11,17H,4,10H2,1-3H3,(H,18,20). The Labute approximate surface area is 119 Å². The van der Waals surface area contributed by atoms with E-state index < -0.39 is 0 Å². The second kappa shape index (κ2) is 6.28. The predicted molar refractivity (Wildman–Crippen MR) is 82.9 cm³/mol. The number of rotatable bonds is 5. The van der Waals surface area contributed by atoms with Crippen molar-refractivity contribution in [3.05, 3.63) is 47.8 Å². The number of nitrogens with one attached hydrogen (secondary N) is 2. The minimum absolute atomic E-state index is 0.0466. The number of hydrogen-bond acceptors (Lipinski definition) is 2. The Morgan fingerprint density at radius 3 is 2.70 bits per heavy atom. The number of aromatic nitrogens is 1. The summed E-state index contributed by atoms with van der Waals surface area (Å²) in [6.07, 6.45) is 4.23. The van der Waals surface area contributed by atoms with Crippen LogP contribution < -0.4 is 10.6 Å². The highest BCUT2D eigenvalue weighted by atomic mass is 16.1. The summed E-state index contributed by atoms with van der Waals surface area (Å²) < 4.78 is 2.15. The van der Waals surface area contributed by atoms with Crippen LogP contribution in [0.1, 0.15) is 25.0 Å². The largest absolute Gasteiger partial charge is 0.381 e. The number of anilines is 2. The van der Waals surface area contributed by atoms with E-state index in [2.05, 4.69) is 40.6 Å². The van der Waals surface area contributed by atoms with Crippen LogP contribution >= 0.6 is 0 Å². The summed E-state index contributed by atoms with van der Waals surface area (Å²) in [6, 6.07) is 8.07. The van der Waals surface area contributed by atoms with Crippen molar-refractivity contribution in [2.75, 3.05) is 10.6 Å². The molecule has 0 aliphatic rings. The maximum absolute atomic E-state index is 11.1. The van der Waals surface area contributed by atoms with Gasteiger partial charge in [0, 0.05) is 43.8 Å². The molecule has 0 saturated carbocycles. The predicted octanol–water partition coefficient (Wildman–Crippen LogP) is 3.39. The van der Waals surface area contributed by atoms with Gasteiger partial charge in [-0.2, -0.15) is 0 Å². The van der Waals surface area contributed by atoms with Gasteiger partial charge in [-0.05, 0) is 49.2 Å². The number of carbonyl (C=O) groups excluding carboxylic acids is 1. The molecule has 1 aromatic heterocycles. The third-order valence-electron chi connectivity index (χ3n) is 3.21. The molecule has 4 heteroatoms. The Morgan fingerprint density at radius 1 is 1.30 bits per heavy atom. The molecule has 0 saturated heterocycles. The molecule has 0 aliphatic carbocycles. The summed E-state index contributed by atoms with van der Waals surface area (Å²) in [5.41, 5.74) is 4.23. The first-order valence-electron chi connectivity index (χ1n) is 6.85. The number of nitrogens with zero attached hydrogens (tertiary/aromatic N) is 1. The zero-order chi connectivity index (χ0) is 14.5. The summed E-state index contributed by atoms with van der Waals surface area (Å²) in [7, 11) is 0. The van der Waals surface area contributed by atoms with E-state index in [9.17, 15) is 4.79 Å². The molecule has 0 spiro atoms. The number of amides is 1. The molecule has 1 aromatic carbocycles. The Bertz CT molecular complexity index is 602. The molecule has 0 fully saturated rings. The van der Waals surface area contributed by atoms with Gasteiger partial charge in [0.05, 0.1) is 0 Å². The van der Waals surface area contributed by atoms with Crippen LogP contribution in [0.4, 0.5) is 11.4 Å². The highest BCUT2D eigenvalue weighted by Gasteiger charge is 2.02. The fourth-order valence-electron chi connectivity index (χ4n) is 2.10. The van der Waals surface area contributed by atoms with Gasteiger partial charge >= 0.3 is 0 Å². The molecule has 0 bridgehead atoms. The van der Waals surface area contributed by atoms with Crippen LogP contribution in [0.5, 0.6) is 0 Å². The van der Waals surface area contributed by atoms with Crippen molar-refractivity contribution >= 4 is 17.3 Å². The van der Waals surface area contributed by atoms with E-state index in [4.69, 9.17) is 0 Å². The molecule has 1 heterocycles. The molecular weight excluding hydrogens is 250 g/mol. The zero-order valence-corrected chi connectivity index (χ0v) is 12.2. The first-order valence-corrected chi connectivity index (χ1v) is 6.85. The summed E-state index contributed by atoms with van der Waals surface area (Å²) >= 11 is 0. The van der Waals surface area contributed by atoms with Crippen LogP contribution in [0.2, 0.25) is 0 Å². The van der Waals surface area contributed by atoms with Gasteiger partial charge < -0.3 is 15.2 Å². The Hall–Kier alpha value is -2.23. The van der Waals surface area contributed by atoms with Crippen LogP contribution in [0.15, 0.2) is 36.7 Å². The molecule has 2 rings (SSSR count). The highest BCUT2D eigenvalue weighted by Crippen LogP contribution is 2.20. The molecule has 0 aliphatic heterocycles. The molecule has 4 nitrogen and oxygen atoms in total. The molecule has 20 heavy (non-hydrogen) atoms. The molecule has 0 unspecified atom stereocenters. The lowest BCUT2D eigenvalue weighted by Gasteiger charge is -2.10. The average Bonchev–Trinajstić information content (AvgIpc) is 2.87. The topological polar surface area (TPSA) is 46.1 Å². The number of hydrogen-bond donors (Lipinski definition) is 2. The van der Waals surface area contributed by atoms with Gasteiger partial charge in [-0.15, -0.1) is 0 Å². The monoisotopic (exact) mass is 271 g/mol.